The summed E-state index contributed by atoms with van der Waals surface area (Å²) in [6.45, 7) is 0. The van der Waals surface area contributed by atoms with Crippen molar-refractivity contribution in [2.75, 3.05) is 6.26 Å². The van der Waals surface area contributed by atoms with Crippen LogP contribution in [0, 0.1) is 0 Å². The van der Waals surface area contributed by atoms with Crippen molar-refractivity contribution < 1.29 is 4.42 Å². The number of thioether (sulfide) groups is 1. The van der Waals surface area contributed by atoms with E-state index in [0.717, 1.165) is 27.3 Å². The molecule has 3 rings (SSSR count). The van der Waals surface area contributed by atoms with E-state index in [0.29, 0.717) is 4.67 Å². The molecule has 0 aromatic carbocycles. The largest absolute Gasteiger partial charge is 0.447 e. The maximum absolute atomic E-state index is 5.47. The zero-order valence-electron chi connectivity index (χ0n) is 8.75. The molecule has 3 aromatic heterocycles. The minimum absolute atomic E-state index is 0.697. The maximum Gasteiger partial charge on any atom is 0.235 e. The van der Waals surface area contributed by atoms with Gasteiger partial charge in [-0.3, -0.25) is 0 Å². The fourth-order valence-electron chi connectivity index (χ4n) is 1.41. The lowest BCUT2D eigenvalue weighted by molar-refractivity contribution is 0.554. The van der Waals surface area contributed by atoms with Crippen molar-refractivity contribution in [1.82, 2.24) is 19.8 Å². The monoisotopic (exact) mass is 330 g/mol. The van der Waals surface area contributed by atoms with Crippen molar-refractivity contribution in [3.8, 4) is 10.8 Å². The summed E-state index contributed by atoms with van der Waals surface area (Å²) in [5.41, 5.74) is 0. The molecule has 3 heterocycles. The van der Waals surface area contributed by atoms with Gasteiger partial charge < -0.3 is 4.42 Å². The fraction of sp³-hybridized carbons (Fsp3) is 0.222. The lowest BCUT2D eigenvalue weighted by atomic mass is 10.5. The minimum atomic E-state index is 0.697. The molecule has 0 aliphatic rings. The zero-order valence-corrected chi connectivity index (χ0v) is 12.0. The van der Waals surface area contributed by atoms with Crippen LogP contribution in [0.25, 0.3) is 15.7 Å². The number of fused-ring (bicyclic) bond motifs is 1. The van der Waals surface area contributed by atoms with E-state index in [1.54, 1.807) is 16.3 Å². The molecule has 8 heteroatoms. The van der Waals surface area contributed by atoms with Crippen LogP contribution in [0.2, 0.25) is 0 Å². The van der Waals surface area contributed by atoms with E-state index in [9.17, 15) is 0 Å². The molecular formula is C9H7BrN4OS2. The third kappa shape index (κ3) is 2.00. The molecule has 0 atom stereocenters. The van der Waals surface area contributed by atoms with E-state index in [2.05, 4.69) is 31.2 Å². The van der Waals surface area contributed by atoms with Crippen molar-refractivity contribution in [3.63, 3.8) is 0 Å². The predicted octanol–water partition coefficient (Wildman–Crippen LogP) is 3.07. The third-order valence-electron chi connectivity index (χ3n) is 2.11. The first-order chi connectivity index (χ1) is 8.28. The molecule has 0 spiro atoms. The van der Waals surface area contributed by atoms with Crippen LogP contribution in [0.1, 0.15) is 5.82 Å². The number of nitrogens with zero attached hydrogens (tertiary/aromatic N) is 4. The Bertz CT molecular complexity index is 659. The van der Waals surface area contributed by atoms with Crippen LogP contribution in [-0.2, 0) is 5.75 Å². The highest BCUT2D eigenvalue weighted by atomic mass is 79.9. The first-order valence-corrected chi connectivity index (χ1v) is 7.74. The second-order valence-corrected chi connectivity index (χ2v) is 5.86. The van der Waals surface area contributed by atoms with Crippen LogP contribution in [0.15, 0.2) is 21.2 Å². The van der Waals surface area contributed by atoms with Gasteiger partial charge in [0.2, 0.25) is 4.96 Å². The summed E-state index contributed by atoms with van der Waals surface area (Å²) in [5, 5.41) is 13.4. The Balaban J connectivity index is 2.07. The summed E-state index contributed by atoms with van der Waals surface area (Å²) in [7, 11) is 0. The average molecular weight is 331 g/mol. The molecule has 0 unspecified atom stereocenters. The summed E-state index contributed by atoms with van der Waals surface area (Å²) in [4.78, 5) is 0.788. The first-order valence-electron chi connectivity index (χ1n) is 4.73. The topological polar surface area (TPSA) is 56.2 Å². The van der Waals surface area contributed by atoms with Crippen molar-refractivity contribution >= 4 is 44.0 Å². The van der Waals surface area contributed by atoms with Gasteiger partial charge in [0.1, 0.15) is 0 Å². The molecule has 17 heavy (non-hydrogen) atoms. The van der Waals surface area contributed by atoms with E-state index >= 15 is 0 Å². The van der Waals surface area contributed by atoms with E-state index in [4.69, 9.17) is 4.42 Å². The molecule has 0 bridgehead atoms. The van der Waals surface area contributed by atoms with Crippen LogP contribution in [0.3, 0.4) is 0 Å². The number of halogens is 1. The molecule has 0 aliphatic carbocycles. The van der Waals surface area contributed by atoms with Gasteiger partial charge in [0.25, 0.3) is 0 Å². The number of furan rings is 1. The lowest BCUT2D eigenvalue weighted by Gasteiger charge is -1.90. The summed E-state index contributed by atoms with van der Waals surface area (Å²) in [6, 6.07) is 3.73. The number of rotatable bonds is 3. The van der Waals surface area contributed by atoms with Crippen molar-refractivity contribution in [3.05, 3.63) is 22.6 Å². The molecule has 0 amide bonds. The second kappa shape index (κ2) is 4.43. The molecule has 0 radical (unpaired) electrons. The van der Waals surface area contributed by atoms with E-state index in [1.807, 2.05) is 18.4 Å². The molecule has 0 saturated heterocycles. The van der Waals surface area contributed by atoms with Crippen molar-refractivity contribution in [2.45, 2.75) is 5.75 Å². The smallest absolute Gasteiger partial charge is 0.235 e. The molecule has 88 valence electrons. The molecule has 0 aliphatic heterocycles. The van der Waals surface area contributed by atoms with Crippen LogP contribution >= 0.6 is 39.0 Å². The molecular weight excluding hydrogens is 324 g/mol. The predicted molar refractivity (Wildman–Crippen MR) is 71.3 cm³/mol. The van der Waals surface area contributed by atoms with Gasteiger partial charge in [0, 0.05) is 0 Å². The van der Waals surface area contributed by atoms with Gasteiger partial charge in [-0.2, -0.15) is 16.3 Å². The van der Waals surface area contributed by atoms with E-state index in [-0.39, 0.29) is 0 Å². The fourth-order valence-corrected chi connectivity index (χ4v) is 2.97. The van der Waals surface area contributed by atoms with Gasteiger partial charge >= 0.3 is 0 Å². The molecule has 0 saturated carbocycles. The van der Waals surface area contributed by atoms with E-state index < -0.39 is 0 Å². The Hall–Kier alpha value is -0.860. The third-order valence-corrected chi connectivity index (χ3v) is 4.00. The highest BCUT2D eigenvalue weighted by molar-refractivity contribution is 9.10. The van der Waals surface area contributed by atoms with Crippen LogP contribution in [-0.4, -0.2) is 26.1 Å². The van der Waals surface area contributed by atoms with Gasteiger partial charge in [-0.25, -0.2) is 0 Å². The zero-order chi connectivity index (χ0) is 11.8. The standard InChI is InChI=1S/C9H7BrN4OS2/c1-16-4-7-11-12-9-14(7)13-8(17-9)5-2-3-6(10)15-5/h2-3H,4H2,1H3. The lowest BCUT2D eigenvalue weighted by Crippen LogP contribution is -1.93. The molecule has 0 fully saturated rings. The van der Waals surface area contributed by atoms with Crippen LogP contribution in [0.5, 0.6) is 0 Å². The van der Waals surface area contributed by atoms with Gasteiger partial charge in [-0.15, -0.1) is 15.3 Å². The van der Waals surface area contributed by atoms with E-state index in [1.165, 1.54) is 11.3 Å². The SMILES string of the molecule is CSCc1nnc2sc(-c3ccc(Br)o3)nn12. The van der Waals surface area contributed by atoms with Gasteiger partial charge in [0.15, 0.2) is 21.3 Å². The molecule has 3 aromatic rings. The number of hydrogen-bond donors (Lipinski definition) is 0. The quantitative estimate of drug-likeness (QED) is 0.738. The normalized spacial score (nSPS) is 11.4. The summed E-state index contributed by atoms with van der Waals surface area (Å²) in [6.07, 6.45) is 2.03. The Kier molecular flexibility index (Phi) is 2.93. The van der Waals surface area contributed by atoms with Crippen molar-refractivity contribution in [2.24, 2.45) is 0 Å². The Morgan fingerprint density at radius 1 is 1.47 bits per heavy atom. The Morgan fingerprint density at radius 3 is 3.06 bits per heavy atom. The maximum atomic E-state index is 5.47. The van der Waals surface area contributed by atoms with Gasteiger partial charge in [0.05, 0.1) is 5.75 Å². The minimum Gasteiger partial charge on any atom is -0.447 e. The van der Waals surface area contributed by atoms with Gasteiger partial charge in [-0.1, -0.05) is 11.3 Å². The Morgan fingerprint density at radius 2 is 2.35 bits per heavy atom. The molecule has 0 N–H and O–H groups in total. The second-order valence-electron chi connectivity index (χ2n) is 3.25. The first kappa shape index (κ1) is 11.2. The number of hydrogen-bond acceptors (Lipinski definition) is 6. The summed E-state index contributed by atoms with van der Waals surface area (Å²) < 4.78 is 7.93. The van der Waals surface area contributed by atoms with Crippen LogP contribution < -0.4 is 0 Å². The summed E-state index contributed by atoms with van der Waals surface area (Å²) in [5.74, 6) is 2.40. The van der Waals surface area contributed by atoms with Crippen molar-refractivity contribution in [1.29, 1.82) is 0 Å². The summed E-state index contributed by atoms with van der Waals surface area (Å²) >= 11 is 6.43. The van der Waals surface area contributed by atoms with Crippen LogP contribution in [0.4, 0.5) is 0 Å². The van der Waals surface area contributed by atoms with Gasteiger partial charge in [-0.05, 0) is 34.3 Å². The highest BCUT2D eigenvalue weighted by Crippen LogP contribution is 2.29. The average Bonchev–Trinajstić information content (AvgIpc) is 2.95. The molecule has 5 nitrogen and oxygen atoms in total. The number of aromatic nitrogens is 4. The Labute approximate surface area is 113 Å². The highest BCUT2D eigenvalue weighted by Gasteiger charge is 2.14.